The number of pyridine rings is 1. The lowest BCUT2D eigenvalue weighted by Gasteiger charge is -2.19. The summed E-state index contributed by atoms with van der Waals surface area (Å²) in [5.74, 6) is 0.224. The largest absolute Gasteiger partial charge is 0.493 e. The van der Waals surface area contributed by atoms with E-state index in [2.05, 4.69) is 17.2 Å². The Hall–Kier alpha value is -2.38. The highest BCUT2D eigenvalue weighted by Crippen LogP contribution is 2.35. The molecule has 1 aliphatic heterocycles. The third-order valence-electron chi connectivity index (χ3n) is 4.82. The number of aliphatic hydroxyl groups is 1. The van der Waals surface area contributed by atoms with Gasteiger partial charge in [0.2, 0.25) is 5.91 Å². The predicted octanol–water partition coefficient (Wildman–Crippen LogP) is 3.08. The van der Waals surface area contributed by atoms with Crippen molar-refractivity contribution in [1.29, 1.82) is 0 Å². The third-order valence-corrected chi connectivity index (χ3v) is 5.89. The molecule has 1 fully saturated rings. The number of carbonyl (C=O) groups excluding carboxylic acids is 2. The smallest absolute Gasteiger partial charge is 0.286 e. The summed E-state index contributed by atoms with van der Waals surface area (Å²) in [6.07, 6.45) is 3.21. The molecular formula is C21H24N2O4S. The van der Waals surface area contributed by atoms with Crippen LogP contribution < -0.4 is 10.1 Å². The number of nitrogens with one attached hydrogen (secondary N) is 1. The summed E-state index contributed by atoms with van der Waals surface area (Å²) in [7, 11) is 0. The number of aliphatic hydroxyl groups excluding tert-OH is 1. The maximum atomic E-state index is 12.0. The summed E-state index contributed by atoms with van der Waals surface area (Å²) in [6.45, 7) is 4.11. The number of benzene rings is 1. The normalized spacial score (nSPS) is 20.1. The Morgan fingerprint density at radius 1 is 1.18 bits per heavy atom. The molecule has 0 bridgehead atoms. The zero-order valence-electron chi connectivity index (χ0n) is 16.0. The number of rotatable bonds is 8. The van der Waals surface area contributed by atoms with E-state index in [4.69, 9.17) is 4.74 Å². The van der Waals surface area contributed by atoms with Gasteiger partial charge in [0.15, 0.2) is 0 Å². The van der Waals surface area contributed by atoms with Crippen molar-refractivity contribution in [1.82, 2.24) is 10.3 Å². The number of ether oxygens (including phenoxy) is 1. The lowest BCUT2D eigenvalue weighted by molar-refractivity contribution is -0.121. The van der Waals surface area contributed by atoms with Crippen molar-refractivity contribution in [2.45, 2.75) is 37.4 Å². The minimum absolute atomic E-state index is 0.0464. The van der Waals surface area contributed by atoms with Crippen LogP contribution in [0.25, 0.3) is 0 Å². The van der Waals surface area contributed by atoms with Crippen molar-refractivity contribution in [2.75, 3.05) is 13.2 Å². The van der Waals surface area contributed by atoms with Gasteiger partial charge in [-0.2, -0.15) is 0 Å². The fourth-order valence-corrected chi connectivity index (χ4v) is 3.96. The molecule has 148 valence electrons. The fraction of sp³-hybridized carbons (Fsp3) is 0.381. The second kappa shape index (κ2) is 8.75. The van der Waals surface area contributed by atoms with E-state index in [0.717, 1.165) is 35.0 Å². The first-order chi connectivity index (χ1) is 13.4. The minimum atomic E-state index is -0.780. The van der Waals surface area contributed by atoms with Crippen molar-refractivity contribution in [3.63, 3.8) is 0 Å². The van der Waals surface area contributed by atoms with Crippen LogP contribution in [0.4, 0.5) is 4.79 Å². The number of imide groups is 1. The topological polar surface area (TPSA) is 88.5 Å². The van der Waals surface area contributed by atoms with E-state index < -0.39 is 4.75 Å². The predicted molar refractivity (Wildman–Crippen MR) is 109 cm³/mol. The second-order valence-electron chi connectivity index (χ2n) is 7.03. The number of nitrogens with zero attached hydrogens (tertiary/aromatic N) is 1. The molecule has 3 rings (SSSR count). The number of amides is 2. The lowest BCUT2D eigenvalue weighted by Crippen LogP contribution is -2.35. The molecule has 6 nitrogen and oxygen atoms in total. The van der Waals surface area contributed by atoms with Crippen LogP contribution in [0, 0.1) is 0 Å². The van der Waals surface area contributed by atoms with Gasteiger partial charge >= 0.3 is 0 Å². The summed E-state index contributed by atoms with van der Waals surface area (Å²) < 4.78 is 5.04. The summed E-state index contributed by atoms with van der Waals surface area (Å²) in [4.78, 5) is 27.8. The highest BCUT2D eigenvalue weighted by atomic mass is 32.2. The van der Waals surface area contributed by atoms with Gasteiger partial charge in [-0.25, -0.2) is 0 Å². The van der Waals surface area contributed by atoms with Gasteiger partial charge in [0.25, 0.3) is 5.24 Å². The number of hydrogen-bond acceptors (Lipinski definition) is 6. The van der Waals surface area contributed by atoms with E-state index in [1.807, 2.05) is 42.6 Å². The maximum absolute atomic E-state index is 12.0. The molecule has 2 N–H and O–H groups in total. The lowest BCUT2D eigenvalue weighted by atomic mass is 9.99. The highest BCUT2D eigenvalue weighted by molar-refractivity contribution is 8.16. The molecule has 2 aromatic rings. The van der Waals surface area contributed by atoms with E-state index >= 15 is 0 Å². The fourth-order valence-electron chi connectivity index (χ4n) is 3.03. The summed E-state index contributed by atoms with van der Waals surface area (Å²) >= 11 is 1.03. The van der Waals surface area contributed by atoms with Crippen LogP contribution in [-0.4, -0.2) is 39.2 Å². The molecule has 2 atom stereocenters. The van der Waals surface area contributed by atoms with Gasteiger partial charge in [0.1, 0.15) is 10.5 Å². The van der Waals surface area contributed by atoms with E-state index in [0.29, 0.717) is 18.8 Å². The third kappa shape index (κ3) is 4.72. The molecule has 0 radical (unpaired) electrons. The molecule has 2 heterocycles. The van der Waals surface area contributed by atoms with Crippen LogP contribution in [0.2, 0.25) is 0 Å². The van der Waals surface area contributed by atoms with E-state index in [-0.39, 0.29) is 23.7 Å². The zero-order valence-corrected chi connectivity index (χ0v) is 16.8. The van der Waals surface area contributed by atoms with Gasteiger partial charge < -0.3 is 9.84 Å². The van der Waals surface area contributed by atoms with E-state index in [1.54, 1.807) is 6.92 Å². The number of carbonyl (C=O) groups is 2. The molecule has 0 aliphatic carbocycles. The van der Waals surface area contributed by atoms with Crippen molar-refractivity contribution in [3.05, 3.63) is 59.4 Å². The monoisotopic (exact) mass is 400 g/mol. The second-order valence-corrected chi connectivity index (χ2v) is 8.51. The Balaban J connectivity index is 1.59. The van der Waals surface area contributed by atoms with Crippen molar-refractivity contribution < 1.29 is 19.4 Å². The summed E-state index contributed by atoms with van der Waals surface area (Å²) in [6, 6.07) is 11.4. The molecule has 1 aromatic carbocycles. The zero-order chi connectivity index (χ0) is 20.1. The molecule has 0 saturated carbocycles. The number of aryl methyl sites for hydroxylation is 1. The van der Waals surface area contributed by atoms with Crippen molar-refractivity contribution >= 4 is 22.9 Å². The molecule has 0 spiro atoms. The Kier molecular flexibility index (Phi) is 6.36. The number of thioether (sulfide) groups is 1. The van der Waals surface area contributed by atoms with Gasteiger partial charge in [0, 0.05) is 11.9 Å². The Bertz CT molecular complexity index is 838. The van der Waals surface area contributed by atoms with Gasteiger partial charge in [-0.05, 0) is 60.9 Å². The van der Waals surface area contributed by atoms with Crippen LogP contribution in [0.15, 0.2) is 42.6 Å². The first kappa shape index (κ1) is 20.4. The molecule has 28 heavy (non-hydrogen) atoms. The van der Waals surface area contributed by atoms with Gasteiger partial charge in [-0.1, -0.05) is 25.1 Å². The number of hydrogen-bond donors (Lipinski definition) is 2. The quantitative estimate of drug-likeness (QED) is 0.708. The average molecular weight is 401 g/mol. The van der Waals surface area contributed by atoms with Crippen molar-refractivity contribution in [2.24, 2.45) is 0 Å². The van der Waals surface area contributed by atoms with Gasteiger partial charge in [-0.15, -0.1) is 0 Å². The highest BCUT2D eigenvalue weighted by Gasteiger charge is 2.43. The summed E-state index contributed by atoms with van der Waals surface area (Å²) in [5, 5.41) is 11.7. The first-order valence-electron chi connectivity index (χ1n) is 9.25. The standard InChI is InChI=1S/C21H24N2O4S/c1-3-14-6-9-18(22-11-14)16(12-24)13-27-17-7-4-15(5-8-17)10-21(2)19(25)23-20(26)28-21/h4-9,11,16,24H,3,10,12-13H2,1-2H3,(H,23,25,26). The summed E-state index contributed by atoms with van der Waals surface area (Å²) in [5.41, 5.74) is 2.90. The Morgan fingerprint density at radius 3 is 2.43 bits per heavy atom. The molecule has 2 amide bonds. The first-order valence-corrected chi connectivity index (χ1v) is 10.1. The average Bonchev–Trinajstić information content (AvgIpc) is 2.95. The molecule has 1 aromatic heterocycles. The van der Waals surface area contributed by atoms with Gasteiger partial charge in [0.05, 0.1) is 19.1 Å². The van der Waals surface area contributed by atoms with Gasteiger partial charge in [-0.3, -0.25) is 19.9 Å². The molecule has 1 aliphatic rings. The van der Waals surface area contributed by atoms with Crippen LogP contribution in [-0.2, 0) is 17.6 Å². The van der Waals surface area contributed by atoms with Crippen LogP contribution >= 0.6 is 11.8 Å². The minimum Gasteiger partial charge on any atom is -0.493 e. The Morgan fingerprint density at radius 2 is 1.89 bits per heavy atom. The van der Waals surface area contributed by atoms with E-state index in [1.165, 1.54) is 0 Å². The number of aromatic nitrogens is 1. The molecular weight excluding hydrogens is 376 g/mol. The van der Waals surface area contributed by atoms with Crippen molar-refractivity contribution in [3.8, 4) is 5.75 Å². The molecule has 7 heteroatoms. The van der Waals surface area contributed by atoms with E-state index in [9.17, 15) is 14.7 Å². The van der Waals surface area contributed by atoms with Crippen LogP contribution in [0.5, 0.6) is 5.75 Å². The maximum Gasteiger partial charge on any atom is 0.286 e. The Labute approximate surface area is 168 Å². The molecule has 1 saturated heterocycles. The SMILES string of the molecule is CCc1ccc(C(CO)COc2ccc(CC3(C)SC(=O)NC3=O)cc2)nc1. The molecule has 2 unspecified atom stereocenters. The van der Waals surface area contributed by atoms with Crippen LogP contribution in [0.3, 0.4) is 0 Å². The van der Waals surface area contributed by atoms with Crippen LogP contribution in [0.1, 0.15) is 36.6 Å².